The first-order chi connectivity index (χ1) is 8.08. The highest BCUT2D eigenvalue weighted by Crippen LogP contribution is 2.19. The number of hydrogen-bond donors (Lipinski definition) is 1. The Hall–Kier alpha value is -0.580. The molecule has 0 aromatic heterocycles. The van der Waals surface area contributed by atoms with Crippen molar-refractivity contribution in [2.45, 2.75) is 25.8 Å². The Morgan fingerprint density at radius 3 is 2.83 bits per heavy atom. The molecule has 1 atom stereocenters. The Balaban J connectivity index is 0.00000162. The Bertz CT molecular complexity index is 439. The molecule has 0 radical (unpaired) electrons. The molecule has 18 heavy (non-hydrogen) atoms. The van der Waals surface area contributed by atoms with E-state index >= 15 is 0 Å². The minimum Gasteiger partial charge on any atom is -0.337 e. The molecular formula is C13H18BrClN2O. The number of amides is 1. The summed E-state index contributed by atoms with van der Waals surface area (Å²) in [5.74, 6) is 0.0933. The van der Waals surface area contributed by atoms with Crippen LogP contribution >= 0.6 is 28.3 Å². The molecule has 1 aromatic rings. The van der Waals surface area contributed by atoms with Crippen molar-refractivity contribution < 1.29 is 4.79 Å². The number of rotatable bonds is 1. The summed E-state index contributed by atoms with van der Waals surface area (Å²) in [6.07, 6.45) is 2.02. The molecule has 1 aromatic carbocycles. The summed E-state index contributed by atoms with van der Waals surface area (Å²) in [5.41, 5.74) is 7.72. The van der Waals surface area contributed by atoms with Gasteiger partial charge in [0, 0.05) is 29.2 Å². The lowest BCUT2D eigenvalue weighted by Crippen LogP contribution is -2.45. The van der Waals surface area contributed by atoms with Gasteiger partial charge in [0.1, 0.15) is 0 Å². The van der Waals surface area contributed by atoms with E-state index in [4.69, 9.17) is 5.73 Å². The minimum atomic E-state index is 0. The third kappa shape index (κ3) is 3.46. The lowest BCUT2D eigenvalue weighted by molar-refractivity contribution is 0.0708. The van der Waals surface area contributed by atoms with Crippen molar-refractivity contribution >= 4 is 34.2 Å². The van der Waals surface area contributed by atoms with Crippen molar-refractivity contribution in [2.75, 3.05) is 13.1 Å². The molecule has 5 heteroatoms. The predicted molar refractivity (Wildman–Crippen MR) is 79.2 cm³/mol. The van der Waals surface area contributed by atoms with Gasteiger partial charge in [-0.05, 0) is 43.5 Å². The van der Waals surface area contributed by atoms with Crippen molar-refractivity contribution in [1.29, 1.82) is 0 Å². The molecule has 1 amide bonds. The van der Waals surface area contributed by atoms with Gasteiger partial charge in [-0.1, -0.05) is 15.9 Å². The molecule has 1 heterocycles. The molecule has 3 nitrogen and oxygen atoms in total. The van der Waals surface area contributed by atoms with E-state index in [-0.39, 0.29) is 24.4 Å². The zero-order valence-corrected chi connectivity index (χ0v) is 12.8. The maximum atomic E-state index is 12.3. The number of nitrogens with zero attached hydrogens (tertiary/aromatic N) is 1. The van der Waals surface area contributed by atoms with Crippen molar-refractivity contribution in [2.24, 2.45) is 5.73 Å². The van der Waals surface area contributed by atoms with E-state index in [1.54, 1.807) is 0 Å². The predicted octanol–water partition coefficient (Wildman–Crippen LogP) is 2.74. The number of likely N-dealkylation sites (tertiary alicyclic amines) is 1. The second kappa shape index (κ2) is 6.55. The van der Waals surface area contributed by atoms with Crippen LogP contribution in [0.3, 0.4) is 0 Å². The van der Waals surface area contributed by atoms with Crippen LogP contribution in [0.25, 0.3) is 0 Å². The molecule has 2 rings (SSSR count). The molecule has 1 aliphatic heterocycles. The molecule has 1 unspecified atom stereocenters. The van der Waals surface area contributed by atoms with E-state index in [1.807, 2.05) is 30.0 Å². The van der Waals surface area contributed by atoms with Crippen LogP contribution in [0.4, 0.5) is 0 Å². The number of aryl methyl sites for hydroxylation is 1. The molecule has 0 spiro atoms. The standard InChI is InChI=1S/C13H17BrN2O.ClH/c1-9-7-10(4-5-12(9)14)13(17)16-6-2-3-11(15)8-16;/h4-5,7,11H,2-3,6,8,15H2,1H3;1H. The van der Waals surface area contributed by atoms with Crippen LogP contribution in [0.2, 0.25) is 0 Å². The SMILES string of the molecule is Cc1cc(C(=O)N2CCCC(N)C2)ccc1Br.Cl. The molecule has 1 saturated heterocycles. The first-order valence-corrected chi connectivity index (χ1v) is 6.68. The lowest BCUT2D eigenvalue weighted by atomic mass is 10.0. The fraction of sp³-hybridized carbons (Fsp3) is 0.462. The van der Waals surface area contributed by atoms with Crippen LogP contribution in [0.1, 0.15) is 28.8 Å². The van der Waals surface area contributed by atoms with Crippen LogP contribution in [0.5, 0.6) is 0 Å². The number of carbonyl (C=O) groups excluding carboxylic acids is 1. The van der Waals surface area contributed by atoms with Gasteiger partial charge in [0.2, 0.25) is 0 Å². The fourth-order valence-corrected chi connectivity index (χ4v) is 2.40. The number of hydrogen-bond acceptors (Lipinski definition) is 2. The molecule has 0 aliphatic carbocycles. The smallest absolute Gasteiger partial charge is 0.253 e. The second-order valence-electron chi connectivity index (χ2n) is 4.62. The molecule has 100 valence electrons. The third-order valence-corrected chi connectivity index (χ3v) is 4.04. The van der Waals surface area contributed by atoms with E-state index in [0.717, 1.165) is 35.0 Å². The van der Waals surface area contributed by atoms with Gasteiger partial charge in [0.15, 0.2) is 0 Å². The van der Waals surface area contributed by atoms with Gasteiger partial charge in [-0.2, -0.15) is 0 Å². The summed E-state index contributed by atoms with van der Waals surface area (Å²) in [5, 5.41) is 0. The maximum absolute atomic E-state index is 12.3. The normalized spacial score (nSPS) is 19.3. The largest absolute Gasteiger partial charge is 0.337 e. The number of piperidine rings is 1. The highest BCUT2D eigenvalue weighted by atomic mass is 79.9. The summed E-state index contributed by atoms with van der Waals surface area (Å²) in [6.45, 7) is 3.48. The second-order valence-corrected chi connectivity index (χ2v) is 5.47. The Morgan fingerprint density at radius 2 is 2.22 bits per heavy atom. The van der Waals surface area contributed by atoms with Crippen molar-refractivity contribution in [3.05, 3.63) is 33.8 Å². The average molecular weight is 334 g/mol. The van der Waals surface area contributed by atoms with Gasteiger partial charge < -0.3 is 10.6 Å². The van der Waals surface area contributed by atoms with E-state index in [1.165, 1.54) is 0 Å². The van der Waals surface area contributed by atoms with Crippen LogP contribution in [-0.4, -0.2) is 29.9 Å². The Labute approximate surface area is 122 Å². The molecular weight excluding hydrogens is 316 g/mol. The number of nitrogens with two attached hydrogens (primary N) is 1. The van der Waals surface area contributed by atoms with E-state index in [9.17, 15) is 4.79 Å². The quantitative estimate of drug-likeness (QED) is 0.859. The van der Waals surface area contributed by atoms with Crippen LogP contribution < -0.4 is 5.73 Å². The molecule has 0 bridgehead atoms. The number of halogens is 2. The molecule has 1 aliphatic rings. The zero-order chi connectivity index (χ0) is 12.4. The topological polar surface area (TPSA) is 46.3 Å². The highest BCUT2D eigenvalue weighted by molar-refractivity contribution is 9.10. The first-order valence-electron chi connectivity index (χ1n) is 5.89. The van der Waals surface area contributed by atoms with E-state index < -0.39 is 0 Å². The van der Waals surface area contributed by atoms with Crippen LogP contribution in [0.15, 0.2) is 22.7 Å². The summed E-state index contributed by atoms with van der Waals surface area (Å²) >= 11 is 3.44. The number of carbonyl (C=O) groups is 1. The van der Waals surface area contributed by atoms with Crippen LogP contribution in [0, 0.1) is 6.92 Å². The fourth-order valence-electron chi connectivity index (χ4n) is 2.15. The third-order valence-electron chi connectivity index (χ3n) is 3.15. The van der Waals surface area contributed by atoms with Gasteiger partial charge >= 0.3 is 0 Å². The number of benzene rings is 1. The lowest BCUT2D eigenvalue weighted by Gasteiger charge is -2.30. The van der Waals surface area contributed by atoms with Gasteiger partial charge in [-0.15, -0.1) is 12.4 Å². The maximum Gasteiger partial charge on any atom is 0.253 e. The monoisotopic (exact) mass is 332 g/mol. The Morgan fingerprint density at radius 1 is 1.50 bits per heavy atom. The van der Waals surface area contributed by atoms with Crippen molar-refractivity contribution in [3.63, 3.8) is 0 Å². The van der Waals surface area contributed by atoms with Gasteiger partial charge in [0.05, 0.1) is 0 Å². The Kier molecular flexibility index (Phi) is 5.63. The van der Waals surface area contributed by atoms with Crippen molar-refractivity contribution in [1.82, 2.24) is 4.90 Å². The van der Waals surface area contributed by atoms with Crippen molar-refractivity contribution in [3.8, 4) is 0 Å². The van der Waals surface area contributed by atoms with E-state index in [2.05, 4.69) is 15.9 Å². The van der Waals surface area contributed by atoms with Crippen LogP contribution in [-0.2, 0) is 0 Å². The molecule has 1 fully saturated rings. The highest BCUT2D eigenvalue weighted by Gasteiger charge is 2.22. The summed E-state index contributed by atoms with van der Waals surface area (Å²) in [7, 11) is 0. The molecule has 2 N–H and O–H groups in total. The minimum absolute atomic E-state index is 0. The summed E-state index contributed by atoms with van der Waals surface area (Å²) < 4.78 is 1.03. The van der Waals surface area contributed by atoms with Gasteiger partial charge in [0.25, 0.3) is 5.91 Å². The first kappa shape index (κ1) is 15.5. The zero-order valence-electron chi connectivity index (χ0n) is 10.4. The van der Waals surface area contributed by atoms with Gasteiger partial charge in [-0.3, -0.25) is 4.79 Å². The summed E-state index contributed by atoms with van der Waals surface area (Å²) in [4.78, 5) is 14.1. The average Bonchev–Trinajstić information content (AvgIpc) is 2.32. The van der Waals surface area contributed by atoms with E-state index in [0.29, 0.717) is 6.54 Å². The summed E-state index contributed by atoms with van der Waals surface area (Å²) in [6, 6.07) is 5.84. The van der Waals surface area contributed by atoms with Gasteiger partial charge in [-0.25, -0.2) is 0 Å². The molecule has 0 saturated carbocycles.